The van der Waals surface area contributed by atoms with Gasteiger partial charge in [0.2, 0.25) is 0 Å². The largest absolute Gasteiger partial charge is 0.256 e. The Hall–Kier alpha value is 0.440. The summed E-state index contributed by atoms with van der Waals surface area (Å²) in [4.78, 5) is 0. The van der Waals surface area contributed by atoms with E-state index in [1.165, 1.54) is 25.7 Å². The van der Waals surface area contributed by atoms with Crippen LogP contribution in [-0.4, -0.2) is 6.54 Å². The van der Waals surface area contributed by atoms with Gasteiger partial charge in [-0.1, -0.05) is 33.1 Å². The van der Waals surface area contributed by atoms with Gasteiger partial charge in [0.15, 0.2) is 0 Å². The molecule has 0 aliphatic carbocycles. The first-order chi connectivity index (χ1) is 4.77. The highest BCUT2D eigenvalue weighted by atomic mass is 79.9. The van der Waals surface area contributed by atoms with Crippen molar-refractivity contribution in [3.05, 3.63) is 0 Å². The lowest BCUT2D eigenvalue weighted by Gasteiger charge is -2.02. The van der Waals surface area contributed by atoms with Crippen molar-refractivity contribution in [2.45, 2.75) is 39.5 Å². The third-order valence-corrected chi connectivity index (χ3v) is 1.95. The number of nitrogens with one attached hydrogen (secondary N) is 1. The molecule has 0 amide bonds. The van der Waals surface area contributed by atoms with Gasteiger partial charge in [-0.05, 0) is 12.3 Å². The molecule has 0 heterocycles. The molecule has 0 radical (unpaired) electrons. The predicted octanol–water partition coefficient (Wildman–Crippen LogP) is 3.10. The van der Waals surface area contributed by atoms with Gasteiger partial charge in [0.05, 0.1) is 0 Å². The van der Waals surface area contributed by atoms with Crippen molar-refractivity contribution >= 4 is 16.1 Å². The third kappa shape index (κ3) is 8.44. The van der Waals surface area contributed by atoms with Gasteiger partial charge in [0.1, 0.15) is 0 Å². The minimum absolute atomic E-state index is 0.872. The number of hydrogen-bond acceptors (Lipinski definition) is 1. The molecule has 0 aliphatic heterocycles. The highest BCUT2D eigenvalue weighted by Gasteiger charge is 1.92. The van der Waals surface area contributed by atoms with Crippen molar-refractivity contribution in [1.82, 2.24) is 4.34 Å². The molecule has 62 valence electrons. The van der Waals surface area contributed by atoms with E-state index in [0.29, 0.717) is 0 Å². The summed E-state index contributed by atoms with van der Waals surface area (Å²) in [6.07, 6.45) is 5.41. The third-order valence-electron chi connectivity index (χ3n) is 1.55. The zero-order valence-electron chi connectivity index (χ0n) is 6.99. The van der Waals surface area contributed by atoms with Crippen LogP contribution in [0.25, 0.3) is 0 Å². The summed E-state index contributed by atoms with van der Waals surface area (Å²) in [5, 5.41) is 0. The van der Waals surface area contributed by atoms with Crippen molar-refractivity contribution in [2.24, 2.45) is 5.92 Å². The lowest BCUT2D eigenvalue weighted by Crippen LogP contribution is -1.99. The van der Waals surface area contributed by atoms with E-state index in [-0.39, 0.29) is 0 Å². The Morgan fingerprint density at radius 2 is 1.90 bits per heavy atom. The van der Waals surface area contributed by atoms with Crippen molar-refractivity contribution in [3.63, 3.8) is 0 Å². The molecule has 0 aromatic heterocycles. The molecule has 10 heavy (non-hydrogen) atoms. The SMILES string of the molecule is CC(C)CCCCCNBr. The van der Waals surface area contributed by atoms with Gasteiger partial charge in [-0.3, -0.25) is 4.34 Å². The summed E-state index contributed by atoms with van der Waals surface area (Å²) in [5.74, 6) is 0.872. The van der Waals surface area contributed by atoms with Crippen LogP contribution < -0.4 is 4.34 Å². The van der Waals surface area contributed by atoms with E-state index in [9.17, 15) is 0 Å². The van der Waals surface area contributed by atoms with E-state index >= 15 is 0 Å². The highest BCUT2D eigenvalue weighted by molar-refractivity contribution is 9.08. The Morgan fingerprint density at radius 3 is 2.40 bits per heavy atom. The van der Waals surface area contributed by atoms with E-state index in [0.717, 1.165) is 12.5 Å². The highest BCUT2D eigenvalue weighted by Crippen LogP contribution is 2.07. The average molecular weight is 208 g/mol. The molecule has 0 saturated heterocycles. The molecular formula is C8H18BrN. The molecule has 0 unspecified atom stereocenters. The van der Waals surface area contributed by atoms with E-state index < -0.39 is 0 Å². The molecule has 0 saturated carbocycles. The normalized spacial score (nSPS) is 10.8. The van der Waals surface area contributed by atoms with E-state index in [1.807, 2.05) is 0 Å². The van der Waals surface area contributed by atoms with E-state index in [4.69, 9.17) is 0 Å². The van der Waals surface area contributed by atoms with Crippen LogP contribution in [0.4, 0.5) is 0 Å². The van der Waals surface area contributed by atoms with E-state index in [1.54, 1.807) is 0 Å². The summed E-state index contributed by atoms with van der Waals surface area (Å²) in [6.45, 7) is 5.66. The lowest BCUT2D eigenvalue weighted by atomic mass is 10.1. The maximum atomic E-state index is 3.18. The molecule has 1 nitrogen and oxygen atoms in total. The fourth-order valence-electron chi connectivity index (χ4n) is 0.921. The molecule has 0 fully saturated rings. The summed E-state index contributed by atoms with van der Waals surface area (Å²) in [6, 6.07) is 0. The van der Waals surface area contributed by atoms with Crippen LogP contribution in [0.15, 0.2) is 0 Å². The second-order valence-corrected chi connectivity index (χ2v) is 3.69. The van der Waals surface area contributed by atoms with E-state index in [2.05, 4.69) is 34.3 Å². The summed E-state index contributed by atoms with van der Waals surface area (Å²) in [5.41, 5.74) is 0. The van der Waals surface area contributed by atoms with Gasteiger partial charge < -0.3 is 0 Å². The van der Waals surface area contributed by atoms with Crippen LogP contribution in [0.5, 0.6) is 0 Å². The fraction of sp³-hybridized carbons (Fsp3) is 1.00. The molecule has 0 bridgehead atoms. The summed E-state index contributed by atoms with van der Waals surface area (Å²) < 4.78 is 2.97. The molecule has 0 aliphatic rings. The van der Waals surface area contributed by atoms with Crippen LogP contribution in [-0.2, 0) is 0 Å². The second kappa shape index (κ2) is 7.55. The first kappa shape index (κ1) is 10.4. The average Bonchev–Trinajstić information content (AvgIpc) is 1.87. The zero-order valence-corrected chi connectivity index (χ0v) is 8.58. The number of unbranched alkanes of at least 4 members (excludes halogenated alkanes) is 2. The molecule has 0 spiro atoms. The van der Waals surface area contributed by atoms with Crippen LogP contribution in [0, 0.1) is 5.92 Å². The van der Waals surface area contributed by atoms with Gasteiger partial charge in [-0.15, -0.1) is 0 Å². The fourth-order valence-corrected chi connectivity index (χ4v) is 1.20. The number of rotatable bonds is 6. The van der Waals surface area contributed by atoms with Gasteiger partial charge in [-0.25, -0.2) is 0 Å². The van der Waals surface area contributed by atoms with Crippen LogP contribution in [0.2, 0.25) is 0 Å². The molecule has 2 heteroatoms. The number of halogens is 1. The van der Waals surface area contributed by atoms with Crippen molar-refractivity contribution in [1.29, 1.82) is 0 Å². The minimum atomic E-state index is 0.872. The van der Waals surface area contributed by atoms with Gasteiger partial charge in [0, 0.05) is 22.7 Å². The molecule has 0 aromatic rings. The zero-order chi connectivity index (χ0) is 7.82. The maximum absolute atomic E-state index is 3.18. The Balaban J connectivity index is 2.77. The number of hydrogen-bond donors (Lipinski definition) is 1. The minimum Gasteiger partial charge on any atom is -0.256 e. The standard InChI is InChI=1S/C8H18BrN/c1-8(2)6-4-3-5-7-10-9/h8,10H,3-7H2,1-2H3. The van der Waals surface area contributed by atoms with Crippen LogP contribution >= 0.6 is 16.1 Å². The summed E-state index contributed by atoms with van der Waals surface area (Å²) >= 11 is 3.18. The van der Waals surface area contributed by atoms with Crippen LogP contribution in [0.1, 0.15) is 39.5 Å². The Bertz CT molecular complexity index is 64.3. The maximum Gasteiger partial charge on any atom is 0.00875 e. The first-order valence-electron chi connectivity index (χ1n) is 4.11. The quantitative estimate of drug-likeness (QED) is 0.522. The predicted molar refractivity (Wildman–Crippen MR) is 50.2 cm³/mol. The van der Waals surface area contributed by atoms with Crippen molar-refractivity contribution in [3.8, 4) is 0 Å². The second-order valence-electron chi connectivity index (χ2n) is 3.13. The lowest BCUT2D eigenvalue weighted by molar-refractivity contribution is 0.527. The molecule has 0 rings (SSSR count). The van der Waals surface area contributed by atoms with Gasteiger partial charge in [-0.2, -0.15) is 0 Å². The summed E-state index contributed by atoms with van der Waals surface area (Å²) in [7, 11) is 0. The van der Waals surface area contributed by atoms with Gasteiger partial charge in [0.25, 0.3) is 0 Å². The Kier molecular flexibility index (Phi) is 7.88. The molecule has 0 atom stereocenters. The topological polar surface area (TPSA) is 12.0 Å². The Morgan fingerprint density at radius 1 is 1.20 bits per heavy atom. The van der Waals surface area contributed by atoms with Crippen molar-refractivity contribution in [2.75, 3.05) is 6.54 Å². The Labute approximate surface area is 72.9 Å². The molecule has 0 aromatic carbocycles. The van der Waals surface area contributed by atoms with Crippen LogP contribution in [0.3, 0.4) is 0 Å². The molecular weight excluding hydrogens is 190 g/mol. The first-order valence-corrected chi connectivity index (χ1v) is 4.90. The van der Waals surface area contributed by atoms with Crippen molar-refractivity contribution < 1.29 is 0 Å². The smallest absolute Gasteiger partial charge is 0.00875 e. The monoisotopic (exact) mass is 207 g/mol. The molecule has 1 N–H and O–H groups in total. The van der Waals surface area contributed by atoms with Gasteiger partial charge >= 0.3 is 0 Å².